The van der Waals surface area contributed by atoms with Crippen LogP contribution < -0.4 is 0 Å². The van der Waals surface area contributed by atoms with E-state index in [1.807, 2.05) is 6.92 Å². The van der Waals surface area contributed by atoms with Gasteiger partial charge in [-0.05, 0) is 13.0 Å². The smallest absolute Gasteiger partial charge is 0.296 e. The molecule has 1 N–H and O–H groups in total. The van der Waals surface area contributed by atoms with Gasteiger partial charge < -0.3 is 4.57 Å². The zero-order valence-corrected chi connectivity index (χ0v) is 6.87. The minimum absolute atomic E-state index is 0.0562. The van der Waals surface area contributed by atoms with Crippen LogP contribution in [0.15, 0.2) is 23.4 Å². The first-order valence-corrected chi connectivity index (χ1v) is 4.61. The highest BCUT2D eigenvalue weighted by Gasteiger charge is 2.09. The van der Waals surface area contributed by atoms with Crippen molar-refractivity contribution in [1.29, 1.82) is 0 Å². The third-order valence-electron chi connectivity index (χ3n) is 1.39. The molecule has 0 saturated carbocycles. The summed E-state index contributed by atoms with van der Waals surface area (Å²) < 4.78 is 31.2. The number of rotatable bonds is 2. The van der Waals surface area contributed by atoms with Crippen LogP contribution in [0.25, 0.3) is 0 Å². The highest BCUT2D eigenvalue weighted by molar-refractivity contribution is 7.85. The lowest BCUT2D eigenvalue weighted by Gasteiger charge is -1.92. The van der Waals surface area contributed by atoms with Gasteiger partial charge in [0, 0.05) is 18.9 Å². The molecule has 11 heavy (non-hydrogen) atoms. The van der Waals surface area contributed by atoms with Crippen LogP contribution in [0.2, 0.25) is 0 Å². The number of aromatic nitrogens is 1. The van der Waals surface area contributed by atoms with Crippen LogP contribution in [0.5, 0.6) is 0 Å². The van der Waals surface area contributed by atoms with Crippen molar-refractivity contribution in [1.82, 2.24) is 4.57 Å². The predicted octanol–water partition coefficient (Wildman–Crippen LogP) is 0.755. The van der Waals surface area contributed by atoms with Crippen LogP contribution in [0.4, 0.5) is 0 Å². The zero-order chi connectivity index (χ0) is 8.48. The third kappa shape index (κ3) is 1.81. The Morgan fingerprint density at radius 2 is 2.27 bits per heavy atom. The molecule has 0 amide bonds. The molecule has 0 bridgehead atoms. The van der Waals surface area contributed by atoms with E-state index < -0.39 is 10.1 Å². The van der Waals surface area contributed by atoms with Crippen molar-refractivity contribution in [3.63, 3.8) is 0 Å². The maximum atomic E-state index is 10.5. The van der Waals surface area contributed by atoms with Gasteiger partial charge in [0.1, 0.15) is 4.90 Å². The van der Waals surface area contributed by atoms with Crippen molar-refractivity contribution in [2.24, 2.45) is 0 Å². The van der Waals surface area contributed by atoms with Gasteiger partial charge >= 0.3 is 0 Å². The molecular weight excluding hydrogens is 166 g/mol. The molecule has 1 rings (SSSR count). The van der Waals surface area contributed by atoms with Crippen LogP contribution in [0.3, 0.4) is 0 Å². The van der Waals surface area contributed by atoms with Crippen LogP contribution in [0, 0.1) is 0 Å². The van der Waals surface area contributed by atoms with E-state index in [1.54, 1.807) is 10.8 Å². The van der Waals surface area contributed by atoms with Crippen LogP contribution in [0.1, 0.15) is 6.92 Å². The second-order valence-electron chi connectivity index (χ2n) is 2.15. The van der Waals surface area contributed by atoms with Crippen molar-refractivity contribution < 1.29 is 13.0 Å². The van der Waals surface area contributed by atoms with Crippen molar-refractivity contribution in [3.8, 4) is 0 Å². The second-order valence-corrected chi connectivity index (χ2v) is 3.57. The molecule has 62 valence electrons. The molecule has 1 aromatic heterocycles. The van der Waals surface area contributed by atoms with Gasteiger partial charge in [-0.25, -0.2) is 0 Å². The Morgan fingerprint density at radius 3 is 2.55 bits per heavy atom. The van der Waals surface area contributed by atoms with E-state index >= 15 is 0 Å². The SMILES string of the molecule is CCn1ccc(S(=O)(=O)O)c1. The standard InChI is InChI=1S/C6H9NO3S/c1-2-7-4-3-6(5-7)11(8,9)10/h3-5H,2H2,1H3,(H,8,9,10). The normalized spacial score (nSPS) is 11.8. The van der Waals surface area contributed by atoms with E-state index in [4.69, 9.17) is 4.55 Å². The molecule has 0 radical (unpaired) electrons. The lowest BCUT2D eigenvalue weighted by Crippen LogP contribution is -1.96. The summed E-state index contributed by atoms with van der Waals surface area (Å²) in [6.07, 6.45) is 2.98. The van der Waals surface area contributed by atoms with Crippen molar-refractivity contribution >= 4 is 10.1 Å². The topological polar surface area (TPSA) is 59.3 Å². The fourth-order valence-corrected chi connectivity index (χ4v) is 1.27. The molecule has 1 heterocycles. The van der Waals surface area contributed by atoms with Gasteiger partial charge in [0.05, 0.1) is 0 Å². The lowest BCUT2D eigenvalue weighted by atomic mass is 10.7. The van der Waals surface area contributed by atoms with Gasteiger partial charge in [0.15, 0.2) is 0 Å². The number of hydrogen-bond acceptors (Lipinski definition) is 2. The Kier molecular flexibility index (Phi) is 2.01. The third-order valence-corrected chi connectivity index (χ3v) is 2.22. The van der Waals surface area contributed by atoms with Crippen LogP contribution in [-0.2, 0) is 16.7 Å². The molecule has 0 atom stereocenters. The zero-order valence-electron chi connectivity index (χ0n) is 6.06. The van der Waals surface area contributed by atoms with E-state index in [-0.39, 0.29) is 4.90 Å². The van der Waals surface area contributed by atoms with Crippen LogP contribution in [-0.4, -0.2) is 17.5 Å². The first-order chi connectivity index (χ1) is 5.04. The summed E-state index contributed by atoms with van der Waals surface area (Å²) in [5.74, 6) is 0. The van der Waals surface area contributed by atoms with Gasteiger partial charge in [-0.2, -0.15) is 8.42 Å². The number of hydrogen-bond donors (Lipinski definition) is 1. The maximum absolute atomic E-state index is 10.5. The molecule has 0 aliphatic rings. The van der Waals surface area contributed by atoms with Gasteiger partial charge in [-0.1, -0.05) is 0 Å². The quantitative estimate of drug-likeness (QED) is 0.675. The van der Waals surface area contributed by atoms with Gasteiger partial charge in [-0.15, -0.1) is 0 Å². The summed E-state index contributed by atoms with van der Waals surface area (Å²) >= 11 is 0. The second kappa shape index (κ2) is 2.67. The number of aryl methyl sites for hydroxylation is 1. The van der Waals surface area contributed by atoms with Gasteiger partial charge in [0.2, 0.25) is 0 Å². The van der Waals surface area contributed by atoms with Crippen molar-refractivity contribution in [3.05, 3.63) is 18.5 Å². The highest BCUT2D eigenvalue weighted by atomic mass is 32.2. The minimum Gasteiger partial charge on any atom is -0.353 e. The Bertz CT molecular complexity index is 338. The summed E-state index contributed by atoms with van der Waals surface area (Å²) in [7, 11) is -4.01. The molecule has 0 aliphatic carbocycles. The predicted molar refractivity (Wildman–Crippen MR) is 39.9 cm³/mol. The average molecular weight is 175 g/mol. The molecular formula is C6H9NO3S. The van der Waals surface area contributed by atoms with E-state index in [2.05, 4.69) is 0 Å². The van der Waals surface area contributed by atoms with E-state index in [1.165, 1.54) is 12.3 Å². The molecule has 0 aromatic carbocycles. The van der Waals surface area contributed by atoms with Crippen molar-refractivity contribution in [2.45, 2.75) is 18.4 Å². The van der Waals surface area contributed by atoms with E-state index in [0.717, 1.165) is 0 Å². The molecule has 0 unspecified atom stereocenters. The lowest BCUT2D eigenvalue weighted by molar-refractivity contribution is 0.483. The average Bonchev–Trinajstić information content (AvgIpc) is 2.32. The minimum atomic E-state index is -4.01. The number of nitrogens with zero attached hydrogens (tertiary/aromatic N) is 1. The van der Waals surface area contributed by atoms with Crippen molar-refractivity contribution in [2.75, 3.05) is 0 Å². The largest absolute Gasteiger partial charge is 0.353 e. The molecule has 4 nitrogen and oxygen atoms in total. The molecule has 5 heteroatoms. The summed E-state index contributed by atoms with van der Waals surface area (Å²) in [5.41, 5.74) is 0. The fourth-order valence-electron chi connectivity index (χ4n) is 0.768. The monoisotopic (exact) mass is 175 g/mol. The Hall–Kier alpha value is -0.810. The van der Waals surface area contributed by atoms with E-state index in [0.29, 0.717) is 6.54 Å². The highest BCUT2D eigenvalue weighted by Crippen LogP contribution is 2.07. The van der Waals surface area contributed by atoms with E-state index in [9.17, 15) is 8.42 Å². The van der Waals surface area contributed by atoms with Gasteiger partial charge in [0.25, 0.3) is 10.1 Å². The first kappa shape index (κ1) is 8.29. The Morgan fingerprint density at radius 1 is 1.64 bits per heavy atom. The molecule has 0 saturated heterocycles. The molecule has 1 aromatic rings. The summed E-state index contributed by atoms with van der Waals surface area (Å²) in [6, 6.07) is 1.36. The maximum Gasteiger partial charge on any atom is 0.296 e. The Balaban J connectivity index is 3.09. The molecule has 0 fully saturated rings. The summed E-state index contributed by atoms with van der Waals surface area (Å²) in [5, 5.41) is 0. The molecule has 0 spiro atoms. The Labute approximate surface area is 65.2 Å². The van der Waals surface area contributed by atoms with Crippen LogP contribution >= 0.6 is 0 Å². The molecule has 0 aliphatic heterocycles. The fraction of sp³-hybridized carbons (Fsp3) is 0.333. The summed E-state index contributed by atoms with van der Waals surface area (Å²) in [6.45, 7) is 2.57. The van der Waals surface area contributed by atoms with Gasteiger partial charge in [-0.3, -0.25) is 4.55 Å². The summed E-state index contributed by atoms with van der Waals surface area (Å²) in [4.78, 5) is -0.0562. The first-order valence-electron chi connectivity index (χ1n) is 3.17.